The van der Waals surface area contributed by atoms with Crippen LogP contribution in [0.3, 0.4) is 0 Å². The van der Waals surface area contributed by atoms with E-state index in [1.54, 1.807) is 4.90 Å². The molecular formula is C16H18N2O3. The van der Waals surface area contributed by atoms with Crippen LogP contribution in [-0.4, -0.2) is 41.0 Å². The highest BCUT2D eigenvalue weighted by atomic mass is 16.5. The third-order valence-electron chi connectivity index (χ3n) is 4.12. The van der Waals surface area contributed by atoms with E-state index < -0.39 is 6.04 Å². The number of rotatable bonds is 2. The molecule has 1 amide bonds. The highest BCUT2D eigenvalue weighted by Crippen LogP contribution is 2.23. The summed E-state index contributed by atoms with van der Waals surface area (Å²) >= 11 is 0. The van der Waals surface area contributed by atoms with E-state index in [0.717, 1.165) is 17.3 Å². The lowest BCUT2D eigenvalue weighted by atomic mass is 10.1. The topological polar surface area (TPSA) is 51.5 Å². The van der Waals surface area contributed by atoms with Gasteiger partial charge in [-0.3, -0.25) is 4.79 Å². The fourth-order valence-electron chi connectivity index (χ4n) is 2.97. The number of amides is 1. The Bertz CT molecular complexity index is 705. The van der Waals surface area contributed by atoms with Crippen LogP contribution >= 0.6 is 0 Å². The number of benzene rings is 1. The molecule has 0 aliphatic carbocycles. The zero-order valence-corrected chi connectivity index (χ0v) is 12.2. The van der Waals surface area contributed by atoms with Gasteiger partial charge in [-0.1, -0.05) is 0 Å². The zero-order chi connectivity index (χ0) is 15.0. The molecule has 0 bridgehead atoms. The molecule has 1 aliphatic heterocycles. The first-order valence-corrected chi connectivity index (χ1v) is 7.05. The van der Waals surface area contributed by atoms with Gasteiger partial charge in [-0.25, -0.2) is 4.79 Å². The van der Waals surface area contributed by atoms with Crippen molar-refractivity contribution in [2.45, 2.75) is 18.9 Å². The minimum absolute atomic E-state index is 0.103. The number of aryl methyl sites for hydroxylation is 1. The summed E-state index contributed by atoms with van der Waals surface area (Å²) < 4.78 is 6.80. The number of esters is 1. The maximum atomic E-state index is 12.6. The molecule has 5 nitrogen and oxygen atoms in total. The van der Waals surface area contributed by atoms with Gasteiger partial charge in [0.25, 0.3) is 5.91 Å². The SMILES string of the molecule is COC(=O)C1CCCN1C(=O)c1ccc2c(ccn2C)c1. The molecular weight excluding hydrogens is 268 g/mol. The lowest BCUT2D eigenvalue weighted by Gasteiger charge is -2.22. The smallest absolute Gasteiger partial charge is 0.328 e. The second-order valence-corrected chi connectivity index (χ2v) is 5.38. The highest BCUT2D eigenvalue weighted by molar-refractivity contribution is 6.00. The summed E-state index contributed by atoms with van der Waals surface area (Å²) in [5.41, 5.74) is 1.70. The molecule has 0 saturated carbocycles. The average molecular weight is 286 g/mol. The maximum absolute atomic E-state index is 12.6. The van der Waals surface area contributed by atoms with Gasteiger partial charge in [0.15, 0.2) is 0 Å². The van der Waals surface area contributed by atoms with Crippen LogP contribution in [0.5, 0.6) is 0 Å². The first kappa shape index (κ1) is 13.7. The van der Waals surface area contributed by atoms with Crippen molar-refractivity contribution in [3.05, 3.63) is 36.0 Å². The van der Waals surface area contributed by atoms with Crippen LogP contribution in [0.2, 0.25) is 0 Å². The van der Waals surface area contributed by atoms with Crippen LogP contribution in [-0.2, 0) is 16.6 Å². The molecule has 3 rings (SSSR count). The van der Waals surface area contributed by atoms with Gasteiger partial charge in [0.1, 0.15) is 6.04 Å². The van der Waals surface area contributed by atoms with Gasteiger partial charge >= 0.3 is 5.97 Å². The van der Waals surface area contributed by atoms with Crippen molar-refractivity contribution in [3.8, 4) is 0 Å². The largest absolute Gasteiger partial charge is 0.467 e. The van der Waals surface area contributed by atoms with Crippen LogP contribution < -0.4 is 0 Å². The molecule has 1 unspecified atom stereocenters. The van der Waals surface area contributed by atoms with Crippen molar-refractivity contribution >= 4 is 22.8 Å². The molecule has 110 valence electrons. The summed E-state index contributed by atoms with van der Waals surface area (Å²) in [6, 6.07) is 7.16. The van der Waals surface area contributed by atoms with Crippen molar-refractivity contribution in [2.75, 3.05) is 13.7 Å². The second-order valence-electron chi connectivity index (χ2n) is 5.38. The predicted octanol–water partition coefficient (Wildman–Crippen LogP) is 1.96. The normalized spacial score (nSPS) is 18.2. The van der Waals surface area contributed by atoms with Crippen LogP contribution in [0, 0.1) is 0 Å². The molecule has 5 heteroatoms. The number of ether oxygens (including phenoxy) is 1. The van der Waals surface area contributed by atoms with E-state index in [2.05, 4.69) is 0 Å². The minimum Gasteiger partial charge on any atom is -0.467 e. The summed E-state index contributed by atoms with van der Waals surface area (Å²) in [7, 11) is 3.33. The standard InChI is InChI=1S/C16H18N2O3/c1-17-9-7-11-10-12(5-6-13(11)17)15(19)18-8-3-4-14(18)16(20)21-2/h5-7,9-10,14H,3-4,8H2,1-2H3. The number of fused-ring (bicyclic) bond motifs is 1. The Kier molecular flexibility index (Phi) is 3.41. The lowest BCUT2D eigenvalue weighted by molar-refractivity contribution is -0.145. The van der Waals surface area contributed by atoms with Crippen LogP contribution in [0.1, 0.15) is 23.2 Å². The molecule has 1 saturated heterocycles. The van der Waals surface area contributed by atoms with Crippen molar-refractivity contribution in [1.29, 1.82) is 0 Å². The zero-order valence-electron chi connectivity index (χ0n) is 12.2. The molecule has 1 fully saturated rings. The van der Waals surface area contributed by atoms with E-state index in [-0.39, 0.29) is 11.9 Å². The van der Waals surface area contributed by atoms with Crippen LogP contribution in [0.15, 0.2) is 30.5 Å². The van der Waals surface area contributed by atoms with Crippen molar-refractivity contribution in [2.24, 2.45) is 7.05 Å². The number of hydrogen-bond donors (Lipinski definition) is 0. The van der Waals surface area contributed by atoms with Gasteiger partial charge in [-0.05, 0) is 37.1 Å². The maximum Gasteiger partial charge on any atom is 0.328 e. The molecule has 0 N–H and O–H groups in total. The number of methoxy groups -OCH3 is 1. The summed E-state index contributed by atoms with van der Waals surface area (Å²) in [6.45, 7) is 0.603. The van der Waals surface area contributed by atoms with E-state index >= 15 is 0 Å². The molecule has 1 aliphatic rings. The molecule has 1 aromatic heterocycles. The Labute approximate surface area is 123 Å². The minimum atomic E-state index is -0.450. The molecule has 1 atom stereocenters. The third kappa shape index (κ3) is 2.28. The van der Waals surface area contributed by atoms with E-state index in [0.29, 0.717) is 18.5 Å². The first-order chi connectivity index (χ1) is 10.1. The molecule has 2 heterocycles. The molecule has 1 aromatic carbocycles. The molecule has 21 heavy (non-hydrogen) atoms. The van der Waals surface area contributed by atoms with Crippen molar-refractivity contribution in [1.82, 2.24) is 9.47 Å². The Morgan fingerprint density at radius 1 is 1.29 bits per heavy atom. The molecule has 2 aromatic rings. The predicted molar refractivity (Wildman–Crippen MR) is 79.0 cm³/mol. The first-order valence-electron chi connectivity index (χ1n) is 7.05. The van der Waals surface area contributed by atoms with Gasteiger partial charge in [-0.15, -0.1) is 0 Å². The summed E-state index contributed by atoms with van der Waals surface area (Å²) in [5.74, 6) is -0.435. The monoisotopic (exact) mass is 286 g/mol. The summed E-state index contributed by atoms with van der Waals surface area (Å²) in [6.07, 6.45) is 3.47. The summed E-state index contributed by atoms with van der Waals surface area (Å²) in [5, 5.41) is 1.03. The fourth-order valence-corrected chi connectivity index (χ4v) is 2.97. The van der Waals surface area contributed by atoms with E-state index in [1.807, 2.05) is 42.1 Å². The number of nitrogens with zero attached hydrogens (tertiary/aromatic N) is 2. The number of carbonyl (C=O) groups is 2. The Morgan fingerprint density at radius 3 is 2.86 bits per heavy atom. The summed E-state index contributed by atoms with van der Waals surface area (Å²) in [4.78, 5) is 26.0. The van der Waals surface area contributed by atoms with E-state index in [4.69, 9.17) is 4.74 Å². The van der Waals surface area contributed by atoms with Crippen LogP contribution in [0.4, 0.5) is 0 Å². The molecule has 0 spiro atoms. The van der Waals surface area contributed by atoms with Gasteiger partial charge in [-0.2, -0.15) is 0 Å². The number of carbonyl (C=O) groups excluding carboxylic acids is 2. The second kappa shape index (κ2) is 5.24. The number of aromatic nitrogens is 1. The highest BCUT2D eigenvalue weighted by Gasteiger charge is 2.35. The Morgan fingerprint density at radius 2 is 2.10 bits per heavy atom. The van der Waals surface area contributed by atoms with Crippen molar-refractivity contribution in [3.63, 3.8) is 0 Å². The number of likely N-dealkylation sites (tertiary alicyclic amines) is 1. The van der Waals surface area contributed by atoms with Gasteiger partial charge in [0.05, 0.1) is 7.11 Å². The number of hydrogen-bond acceptors (Lipinski definition) is 3. The third-order valence-corrected chi connectivity index (χ3v) is 4.12. The fraction of sp³-hybridized carbons (Fsp3) is 0.375. The van der Waals surface area contributed by atoms with Gasteiger partial charge in [0, 0.05) is 36.3 Å². The Balaban J connectivity index is 1.90. The van der Waals surface area contributed by atoms with E-state index in [9.17, 15) is 9.59 Å². The van der Waals surface area contributed by atoms with E-state index in [1.165, 1.54) is 7.11 Å². The van der Waals surface area contributed by atoms with Gasteiger partial charge < -0.3 is 14.2 Å². The van der Waals surface area contributed by atoms with Gasteiger partial charge in [0.2, 0.25) is 0 Å². The van der Waals surface area contributed by atoms with Crippen molar-refractivity contribution < 1.29 is 14.3 Å². The lowest BCUT2D eigenvalue weighted by Crippen LogP contribution is -2.41. The Hall–Kier alpha value is -2.30. The van der Waals surface area contributed by atoms with Crippen LogP contribution in [0.25, 0.3) is 10.9 Å². The average Bonchev–Trinajstić information content (AvgIpc) is 3.12. The quantitative estimate of drug-likeness (QED) is 0.793. The molecule has 0 radical (unpaired) electrons.